The van der Waals surface area contributed by atoms with Crippen molar-refractivity contribution in [2.75, 3.05) is 21.3 Å². The minimum absolute atomic E-state index is 0.0949. The molecule has 2 aromatic carbocycles. The molecular weight excluding hydrogens is 352 g/mol. The third-order valence-corrected chi connectivity index (χ3v) is 4.48. The van der Waals surface area contributed by atoms with Crippen molar-refractivity contribution in [2.24, 2.45) is 0 Å². The van der Waals surface area contributed by atoms with Gasteiger partial charge in [0.1, 0.15) is 17.2 Å². The molecule has 0 heterocycles. The van der Waals surface area contributed by atoms with Crippen LogP contribution < -0.4 is 14.2 Å². The van der Waals surface area contributed by atoms with Crippen molar-refractivity contribution in [3.05, 3.63) is 52.1 Å². The van der Waals surface area contributed by atoms with Crippen molar-refractivity contribution in [2.45, 2.75) is 12.8 Å². The van der Waals surface area contributed by atoms with Gasteiger partial charge in [0.2, 0.25) is 5.78 Å². The molecule has 27 heavy (non-hydrogen) atoms. The number of ketones is 2. The van der Waals surface area contributed by atoms with Crippen molar-refractivity contribution in [1.82, 2.24) is 0 Å². The normalized spacial score (nSPS) is 12.3. The van der Waals surface area contributed by atoms with E-state index >= 15 is 0 Å². The van der Waals surface area contributed by atoms with Gasteiger partial charge in [0, 0.05) is 23.6 Å². The maximum Gasteiger partial charge on any atom is 0.303 e. The number of carbonyl (C=O) groups is 3. The van der Waals surface area contributed by atoms with Crippen LogP contribution in [0, 0.1) is 0 Å². The van der Waals surface area contributed by atoms with Crippen LogP contribution in [0.1, 0.15) is 43.8 Å². The number of methoxy groups -OCH3 is 3. The zero-order valence-electron chi connectivity index (χ0n) is 15.1. The van der Waals surface area contributed by atoms with Gasteiger partial charge in [-0.2, -0.15) is 0 Å². The van der Waals surface area contributed by atoms with Crippen LogP contribution in [0.15, 0.2) is 24.3 Å². The van der Waals surface area contributed by atoms with Crippen LogP contribution >= 0.6 is 0 Å². The van der Waals surface area contributed by atoms with Gasteiger partial charge in [-0.25, -0.2) is 0 Å². The number of carbonyl (C=O) groups excluding carboxylic acids is 2. The average Bonchev–Trinajstić information content (AvgIpc) is 2.68. The molecule has 2 aromatic rings. The van der Waals surface area contributed by atoms with E-state index in [4.69, 9.17) is 19.3 Å². The van der Waals surface area contributed by atoms with E-state index in [1.807, 2.05) is 0 Å². The summed E-state index contributed by atoms with van der Waals surface area (Å²) < 4.78 is 15.8. The van der Waals surface area contributed by atoms with Crippen molar-refractivity contribution < 1.29 is 33.7 Å². The SMILES string of the molecule is COc1cc(OC)c2c(c1)C(=O)c1cc(CCC(=O)O)cc(OC)c1C2=O. The lowest BCUT2D eigenvalue weighted by molar-refractivity contribution is -0.136. The predicted molar refractivity (Wildman–Crippen MR) is 95.4 cm³/mol. The van der Waals surface area contributed by atoms with Crippen LogP contribution in [-0.4, -0.2) is 44.0 Å². The summed E-state index contributed by atoms with van der Waals surface area (Å²) in [5.41, 5.74) is 1.28. The van der Waals surface area contributed by atoms with Crippen LogP contribution in [0.25, 0.3) is 0 Å². The third kappa shape index (κ3) is 3.12. The van der Waals surface area contributed by atoms with E-state index < -0.39 is 5.97 Å². The van der Waals surface area contributed by atoms with E-state index in [9.17, 15) is 14.4 Å². The summed E-state index contributed by atoms with van der Waals surface area (Å²) in [5, 5.41) is 8.90. The summed E-state index contributed by atoms with van der Waals surface area (Å²) >= 11 is 0. The molecule has 0 aromatic heterocycles. The van der Waals surface area contributed by atoms with Gasteiger partial charge in [-0.1, -0.05) is 0 Å². The monoisotopic (exact) mass is 370 g/mol. The highest BCUT2D eigenvalue weighted by atomic mass is 16.5. The number of benzene rings is 2. The van der Waals surface area contributed by atoms with Crippen molar-refractivity contribution in [3.63, 3.8) is 0 Å². The van der Waals surface area contributed by atoms with Gasteiger partial charge in [-0.3, -0.25) is 14.4 Å². The second-order valence-electron chi connectivity index (χ2n) is 6.02. The van der Waals surface area contributed by atoms with Crippen molar-refractivity contribution >= 4 is 17.5 Å². The Hall–Kier alpha value is -3.35. The molecule has 7 nitrogen and oxygen atoms in total. The molecule has 1 N–H and O–H groups in total. The molecule has 0 unspecified atom stereocenters. The van der Waals surface area contributed by atoms with Gasteiger partial charge in [0.25, 0.3) is 0 Å². The fourth-order valence-corrected chi connectivity index (χ4v) is 3.19. The van der Waals surface area contributed by atoms with E-state index in [2.05, 4.69) is 0 Å². The predicted octanol–water partition coefficient (Wildman–Crippen LogP) is 2.51. The Morgan fingerprint density at radius 2 is 1.44 bits per heavy atom. The summed E-state index contributed by atoms with van der Waals surface area (Å²) in [6.07, 6.45) is 0.122. The lowest BCUT2D eigenvalue weighted by atomic mass is 9.81. The first-order valence-electron chi connectivity index (χ1n) is 8.19. The van der Waals surface area contributed by atoms with E-state index in [-0.39, 0.29) is 58.2 Å². The zero-order chi connectivity index (χ0) is 19.7. The molecule has 0 atom stereocenters. The molecule has 140 valence electrons. The van der Waals surface area contributed by atoms with Crippen molar-refractivity contribution in [3.8, 4) is 17.2 Å². The molecule has 3 rings (SSSR count). The molecule has 0 aliphatic heterocycles. The van der Waals surface area contributed by atoms with Gasteiger partial charge >= 0.3 is 5.97 Å². The van der Waals surface area contributed by atoms with E-state index in [1.165, 1.54) is 27.4 Å². The molecule has 7 heteroatoms. The summed E-state index contributed by atoms with van der Waals surface area (Å²) in [6, 6.07) is 6.18. The van der Waals surface area contributed by atoms with Crippen LogP contribution in [0.5, 0.6) is 17.2 Å². The third-order valence-electron chi connectivity index (χ3n) is 4.48. The molecule has 1 aliphatic rings. The Labute approximate surface area is 155 Å². The van der Waals surface area contributed by atoms with Gasteiger partial charge in [-0.05, 0) is 30.2 Å². The number of fused-ring (bicyclic) bond motifs is 2. The Balaban J connectivity index is 2.21. The molecule has 0 saturated carbocycles. The first-order valence-corrected chi connectivity index (χ1v) is 8.19. The number of carboxylic acid groups (broad SMARTS) is 1. The molecule has 0 bridgehead atoms. The quantitative estimate of drug-likeness (QED) is 0.712. The lowest BCUT2D eigenvalue weighted by Crippen LogP contribution is -2.23. The summed E-state index contributed by atoms with van der Waals surface area (Å²) in [4.78, 5) is 37.1. The number of aliphatic carboxylic acids is 1. The maximum atomic E-state index is 13.1. The number of hydrogen-bond acceptors (Lipinski definition) is 6. The van der Waals surface area contributed by atoms with Gasteiger partial charge < -0.3 is 19.3 Å². The fourth-order valence-electron chi connectivity index (χ4n) is 3.19. The van der Waals surface area contributed by atoms with E-state index in [1.54, 1.807) is 18.2 Å². The first kappa shape index (κ1) is 18.4. The average molecular weight is 370 g/mol. The Morgan fingerprint density at radius 3 is 2.00 bits per heavy atom. The number of rotatable bonds is 6. The van der Waals surface area contributed by atoms with Crippen LogP contribution in [0.3, 0.4) is 0 Å². The second-order valence-corrected chi connectivity index (χ2v) is 6.02. The molecule has 0 radical (unpaired) electrons. The Kier molecular flexibility index (Phi) is 4.85. The van der Waals surface area contributed by atoms with E-state index in [0.717, 1.165) is 0 Å². The smallest absolute Gasteiger partial charge is 0.303 e. The summed E-state index contributed by atoms with van der Waals surface area (Å²) in [6.45, 7) is 0. The lowest BCUT2D eigenvalue weighted by Gasteiger charge is -2.23. The highest BCUT2D eigenvalue weighted by molar-refractivity contribution is 6.30. The molecule has 0 spiro atoms. The second kappa shape index (κ2) is 7.11. The fraction of sp³-hybridized carbons (Fsp3) is 0.250. The summed E-state index contributed by atoms with van der Waals surface area (Å²) in [5.74, 6) is -0.841. The maximum absolute atomic E-state index is 13.1. The highest BCUT2D eigenvalue weighted by Gasteiger charge is 2.36. The largest absolute Gasteiger partial charge is 0.497 e. The molecular formula is C20H18O7. The number of hydrogen-bond donors (Lipinski definition) is 1. The number of aryl methyl sites for hydroxylation is 1. The highest BCUT2D eigenvalue weighted by Crippen LogP contribution is 2.40. The minimum atomic E-state index is -0.950. The molecule has 0 amide bonds. The van der Waals surface area contributed by atoms with Crippen LogP contribution in [0.2, 0.25) is 0 Å². The standard InChI is InChI=1S/C20H18O7/c1-25-11-8-13-18(15(9-11)27-3)20(24)17-12(19(13)23)6-10(4-5-16(21)22)7-14(17)26-2/h6-9H,4-5H2,1-3H3,(H,21,22). The van der Waals surface area contributed by atoms with Gasteiger partial charge in [0.05, 0.1) is 32.5 Å². The van der Waals surface area contributed by atoms with E-state index in [0.29, 0.717) is 11.3 Å². The minimum Gasteiger partial charge on any atom is -0.497 e. The first-order chi connectivity index (χ1) is 12.9. The number of carboxylic acids is 1. The Morgan fingerprint density at radius 1 is 0.852 bits per heavy atom. The topological polar surface area (TPSA) is 99.1 Å². The number of ether oxygens (including phenoxy) is 3. The van der Waals surface area contributed by atoms with Crippen LogP contribution in [0.4, 0.5) is 0 Å². The Bertz CT molecular complexity index is 959. The van der Waals surface area contributed by atoms with Gasteiger partial charge in [0.15, 0.2) is 5.78 Å². The van der Waals surface area contributed by atoms with Crippen LogP contribution in [-0.2, 0) is 11.2 Å². The zero-order valence-corrected chi connectivity index (χ0v) is 15.1. The van der Waals surface area contributed by atoms with Crippen molar-refractivity contribution in [1.29, 1.82) is 0 Å². The molecule has 0 saturated heterocycles. The molecule has 0 fully saturated rings. The van der Waals surface area contributed by atoms with Gasteiger partial charge in [-0.15, -0.1) is 0 Å². The molecule has 1 aliphatic carbocycles. The summed E-state index contributed by atoms with van der Waals surface area (Å²) in [7, 11) is 4.26.